The normalized spacial score (nSPS) is 14.1. The maximum atomic E-state index is 12.4. The van der Waals surface area contributed by atoms with Crippen LogP contribution in [0.5, 0.6) is 0 Å². The summed E-state index contributed by atoms with van der Waals surface area (Å²) >= 11 is 9.84. The lowest BCUT2D eigenvalue weighted by Gasteiger charge is -2.36. The topological polar surface area (TPSA) is 52.7 Å². The predicted molar refractivity (Wildman–Crippen MR) is 117 cm³/mol. The number of anilines is 2. The molecule has 2 aromatic rings. The van der Waals surface area contributed by atoms with Crippen LogP contribution in [0.4, 0.5) is 11.4 Å². The highest BCUT2D eigenvalue weighted by Gasteiger charge is 2.22. The summed E-state index contributed by atoms with van der Waals surface area (Å²) in [6.45, 7) is 4.93. The highest BCUT2D eigenvalue weighted by molar-refractivity contribution is 9.10. The SMILES string of the molecule is CCCC(=O)N1CCN(c2ccc(NC(=O)c3ccc(Br)cc3)cc2Cl)CC1. The lowest BCUT2D eigenvalue weighted by atomic mass is 10.2. The Morgan fingerprint density at radius 1 is 1.07 bits per heavy atom. The van der Waals surface area contributed by atoms with Gasteiger partial charge in [-0.15, -0.1) is 0 Å². The van der Waals surface area contributed by atoms with Gasteiger partial charge in [-0.25, -0.2) is 0 Å². The highest BCUT2D eigenvalue weighted by Crippen LogP contribution is 2.30. The van der Waals surface area contributed by atoms with Gasteiger partial charge in [0.15, 0.2) is 0 Å². The standard InChI is InChI=1S/C21H23BrClN3O2/c1-2-3-20(27)26-12-10-25(11-13-26)19-9-8-17(14-18(19)23)24-21(28)15-4-6-16(22)7-5-15/h4-9,14H,2-3,10-13H2,1H3,(H,24,28). The first-order chi connectivity index (χ1) is 13.5. The van der Waals surface area contributed by atoms with E-state index in [1.807, 2.05) is 36.1 Å². The van der Waals surface area contributed by atoms with E-state index in [1.165, 1.54) is 0 Å². The van der Waals surface area contributed by atoms with E-state index in [4.69, 9.17) is 11.6 Å². The molecule has 0 unspecified atom stereocenters. The molecule has 1 fully saturated rings. The van der Waals surface area contributed by atoms with Gasteiger partial charge in [-0.05, 0) is 48.9 Å². The molecular weight excluding hydrogens is 442 g/mol. The molecule has 0 radical (unpaired) electrons. The van der Waals surface area contributed by atoms with Crippen molar-refractivity contribution in [2.24, 2.45) is 0 Å². The maximum Gasteiger partial charge on any atom is 0.255 e. The van der Waals surface area contributed by atoms with Gasteiger partial charge >= 0.3 is 0 Å². The van der Waals surface area contributed by atoms with Gasteiger partial charge < -0.3 is 15.1 Å². The van der Waals surface area contributed by atoms with Gasteiger partial charge in [0.2, 0.25) is 5.91 Å². The van der Waals surface area contributed by atoms with Crippen molar-refractivity contribution in [2.75, 3.05) is 36.4 Å². The van der Waals surface area contributed by atoms with Crippen LogP contribution < -0.4 is 10.2 Å². The number of benzene rings is 2. The Morgan fingerprint density at radius 2 is 1.75 bits per heavy atom. The summed E-state index contributed by atoms with van der Waals surface area (Å²) in [5.41, 5.74) is 2.15. The van der Waals surface area contributed by atoms with Gasteiger partial charge in [-0.3, -0.25) is 9.59 Å². The van der Waals surface area contributed by atoms with Gasteiger partial charge in [0, 0.05) is 48.3 Å². The molecule has 1 aliphatic rings. The molecular formula is C21H23BrClN3O2. The summed E-state index contributed by atoms with van der Waals surface area (Å²) in [4.78, 5) is 28.5. The number of nitrogens with zero attached hydrogens (tertiary/aromatic N) is 2. The van der Waals surface area contributed by atoms with E-state index in [1.54, 1.807) is 18.2 Å². The fraction of sp³-hybridized carbons (Fsp3) is 0.333. The number of carbonyl (C=O) groups excluding carboxylic acids is 2. The minimum absolute atomic E-state index is 0.181. The van der Waals surface area contributed by atoms with Crippen molar-refractivity contribution in [1.82, 2.24) is 4.90 Å². The van der Waals surface area contributed by atoms with E-state index in [2.05, 4.69) is 26.1 Å². The average molecular weight is 465 g/mol. The first-order valence-corrected chi connectivity index (χ1v) is 10.5. The lowest BCUT2D eigenvalue weighted by Crippen LogP contribution is -2.48. The minimum atomic E-state index is -0.181. The molecule has 0 bridgehead atoms. The third-order valence-corrected chi connectivity index (χ3v) is 5.58. The molecule has 0 aromatic heterocycles. The molecule has 0 spiro atoms. The molecule has 2 aromatic carbocycles. The van der Waals surface area contributed by atoms with Gasteiger partial charge in [-0.1, -0.05) is 34.5 Å². The Balaban J connectivity index is 1.62. The zero-order valence-corrected chi connectivity index (χ0v) is 18.1. The van der Waals surface area contributed by atoms with Crippen LogP contribution in [-0.2, 0) is 4.79 Å². The van der Waals surface area contributed by atoms with E-state index in [0.717, 1.165) is 29.7 Å². The third-order valence-electron chi connectivity index (χ3n) is 4.75. The van der Waals surface area contributed by atoms with Crippen molar-refractivity contribution in [1.29, 1.82) is 0 Å². The molecule has 1 saturated heterocycles. The zero-order valence-electron chi connectivity index (χ0n) is 15.8. The van der Waals surface area contributed by atoms with Crippen LogP contribution in [-0.4, -0.2) is 42.9 Å². The van der Waals surface area contributed by atoms with Crippen LogP contribution in [0.15, 0.2) is 46.9 Å². The number of halogens is 2. The first-order valence-electron chi connectivity index (χ1n) is 9.37. The van der Waals surface area contributed by atoms with Crippen LogP contribution in [0.2, 0.25) is 5.02 Å². The number of amides is 2. The molecule has 1 N–H and O–H groups in total. The van der Waals surface area contributed by atoms with Crippen molar-refractivity contribution < 1.29 is 9.59 Å². The Hall–Kier alpha value is -2.05. The first kappa shape index (κ1) is 20.7. The smallest absolute Gasteiger partial charge is 0.255 e. The summed E-state index contributed by atoms with van der Waals surface area (Å²) in [5.74, 6) is 0.0404. The molecule has 0 aliphatic carbocycles. The van der Waals surface area contributed by atoms with Crippen LogP contribution in [0, 0.1) is 0 Å². The molecule has 2 amide bonds. The number of piperazine rings is 1. The van der Waals surface area contributed by atoms with Crippen LogP contribution in [0.25, 0.3) is 0 Å². The van der Waals surface area contributed by atoms with E-state index in [0.29, 0.717) is 35.8 Å². The van der Waals surface area contributed by atoms with Crippen LogP contribution >= 0.6 is 27.5 Å². The van der Waals surface area contributed by atoms with Crippen molar-refractivity contribution in [3.8, 4) is 0 Å². The van der Waals surface area contributed by atoms with Crippen molar-refractivity contribution in [3.05, 3.63) is 57.5 Å². The predicted octanol–water partition coefficient (Wildman–Crippen LogP) is 4.80. The Labute approximate surface area is 178 Å². The van der Waals surface area contributed by atoms with Gasteiger partial charge in [0.25, 0.3) is 5.91 Å². The lowest BCUT2D eigenvalue weighted by molar-refractivity contribution is -0.131. The van der Waals surface area contributed by atoms with Gasteiger partial charge in [0.1, 0.15) is 0 Å². The molecule has 0 saturated carbocycles. The van der Waals surface area contributed by atoms with E-state index >= 15 is 0 Å². The fourth-order valence-corrected chi connectivity index (χ4v) is 3.78. The molecule has 5 nitrogen and oxygen atoms in total. The Kier molecular flexibility index (Phi) is 6.97. The quantitative estimate of drug-likeness (QED) is 0.691. The van der Waals surface area contributed by atoms with E-state index in [-0.39, 0.29) is 11.8 Å². The second-order valence-corrected chi connectivity index (χ2v) is 8.07. The average Bonchev–Trinajstić information content (AvgIpc) is 2.69. The second kappa shape index (κ2) is 9.43. The van der Waals surface area contributed by atoms with E-state index in [9.17, 15) is 9.59 Å². The molecule has 7 heteroatoms. The summed E-state index contributed by atoms with van der Waals surface area (Å²) in [6, 6.07) is 12.7. The van der Waals surface area contributed by atoms with Gasteiger partial charge in [0.05, 0.1) is 10.7 Å². The minimum Gasteiger partial charge on any atom is -0.367 e. The van der Waals surface area contributed by atoms with Crippen LogP contribution in [0.3, 0.4) is 0 Å². The van der Waals surface area contributed by atoms with Crippen molar-refractivity contribution in [3.63, 3.8) is 0 Å². The van der Waals surface area contributed by atoms with E-state index < -0.39 is 0 Å². The second-order valence-electron chi connectivity index (χ2n) is 6.75. The molecule has 3 rings (SSSR count). The number of hydrogen-bond donors (Lipinski definition) is 1. The van der Waals surface area contributed by atoms with Crippen molar-refractivity contribution in [2.45, 2.75) is 19.8 Å². The van der Waals surface area contributed by atoms with Crippen molar-refractivity contribution >= 4 is 50.7 Å². The monoisotopic (exact) mass is 463 g/mol. The number of nitrogens with one attached hydrogen (secondary N) is 1. The largest absolute Gasteiger partial charge is 0.367 e. The maximum absolute atomic E-state index is 12.4. The zero-order chi connectivity index (χ0) is 20.1. The van der Waals surface area contributed by atoms with Crippen LogP contribution in [0.1, 0.15) is 30.1 Å². The number of carbonyl (C=O) groups is 2. The molecule has 28 heavy (non-hydrogen) atoms. The summed E-state index contributed by atoms with van der Waals surface area (Å²) < 4.78 is 0.924. The molecule has 1 heterocycles. The Morgan fingerprint density at radius 3 is 2.36 bits per heavy atom. The number of hydrogen-bond acceptors (Lipinski definition) is 3. The van der Waals surface area contributed by atoms with Gasteiger partial charge in [-0.2, -0.15) is 0 Å². The number of rotatable bonds is 5. The third kappa shape index (κ3) is 5.06. The highest BCUT2D eigenvalue weighted by atomic mass is 79.9. The molecule has 0 atom stereocenters. The molecule has 148 valence electrons. The summed E-state index contributed by atoms with van der Waals surface area (Å²) in [6.07, 6.45) is 1.48. The Bertz CT molecular complexity index is 849. The summed E-state index contributed by atoms with van der Waals surface area (Å²) in [5, 5.41) is 3.46. The fourth-order valence-electron chi connectivity index (χ4n) is 3.21. The molecule has 1 aliphatic heterocycles. The summed E-state index contributed by atoms with van der Waals surface area (Å²) in [7, 11) is 0.